The van der Waals surface area contributed by atoms with Crippen molar-refractivity contribution in [2.75, 3.05) is 0 Å². The molecule has 0 unspecified atom stereocenters. The van der Waals surface area contributed by atoms with Gasteiger partial charge in [0.2, 0.25) is 0 Å². The van der Waals surface area contributed by atoms with Gasteiger partial charge in [0, 0.05) is 12.4 Å². The zero-order valence-corrected chi connectivity index (χ0v) is 13.2. The third-order valence-electron chi connectivity index (χ3n) is 3.87. The molecule has 0 N–H and O–H groups in total. The van der Waals surface area contributed by atoms with Crippen molar-refractivity contribution in [2.45, 2.75) is 25.7 Å². The highest BCUT2D eigenvalue weighted by Crippen LogP contribution is 2.13. The first-order chi connectivity index (χ1) is 10.4. The minimum absolute atomic E-state index is 0.710. The van der Waals surface area contributed by atoms with Crippen LogP contribution in [0.25, 0.3) is 12.2 Å². The average Bonchev–Trinajstić information content (AvgIpc) is 2.55. The van der Waals surface area contributed by atoms with Crippen LogP contribution in [0.2, 0.25) is 0 Å². The van der Waals surface area contributed by atoms with Gasteiger partial charge in [0.05, 0.1) is 22.8 Å². The molecule has 102 valence electrons. The fraction of sp³-hybridized carbons (Fsp3) is 0.250. The minimum Gasteiger partial charge on any atom is -0.268 e. The largest absolute Gasteiger partial charge is 0.388 e. The first kappa shape index (κ1) is 12.9. The summed E-state index contributed by atoms with van der Waals surface area (Å²) in [5, 5.41) is 0. The SMILES string of the molecule is C1=Cc2n[c]([AlH][c]3cnc4c(n3)C=CCC4)cnc2CC1. The quantitative estimate of drug-likeness (QED) is 0.759. The van der Waals surface area contributed by atoms with E-state index in [1.807, 2.05) is 12.4 Å². The third kappa shape index (κ3) is 2.67. The monoisotopic (exact) mass is 290 g/mol. The summed E-state index contributed by atoms with van der Waals surface area (Å²) >= 11 is -0.710. The zero-order valence-electron chi connectivity index (χ0n) is 11.8. The molecule has 0 aliphatic heterocycles. The van der Waals surface area contributed by atoms with E-state index in [9.17, 15) is 0 Å². The molecule has 0 spiro atoms. The normalized spacial score (nSPS) is 15.4. The number of hydrogen-bond acceptors (Lipinski definition) is 4. The Labute approximate surface area is 129 Å². The number of rotatable bonds is 2. The fourth-order valence-corrected chi connectivity index (χ4v) is 4.01. The molecule has 5 heteroatoms. The van der Waals surface area contributed by atoms with Crippen molar-refractivity contribution in [3.63, 3.8) is 0 Å². The van der Waals surface area contributed by atoms with Crippen LogP contribution in [0.1, 0.15) is 35.6 Å². The van der Waals surface area contributed by atoms with Gasteiger partial charge in [-0.1, -0.05) is 12.2 Å². The van der Waals surface area contributed by atoms with Crippen LogP contribution >= 0.6 is 0 Å². The summed E-state index contributed by atoms with van der Waals surface area (Å²) in [7, 11) is 0. The molecule has 0 saturated heterocycles. The van der Waals surface area contributed by atoms with E-state index in [0.29, 0.717) is 0 Å². The molecule has 0 saturated carbocycles. The molecule has 0 aromatic carbocycles. The second-order valence-corrected chi connectivity index (χ2v) is 7.25. The Hall–Kier alpha value is -1.83. The van der Waals surface area contributed by atoms with E-state index in [0.717, 1.165) is 57.6 Å². The Morgan fingerprint density at radius 3 is 1.81 bits per heavy atom. The second-order valence-electron chi connectivity index (χ2n) is 5.45. The lowest BCUT2D eigenvalue weighted by Gasteiger charge is -2.11. The Balaban J connectivity index is 1.62. The maximum absolute atomic E-state index is 4.75. The lowest BCUT2D eigenvalue weighted by molar-refractivity contribution is 0.906. The molecule has 2 aromatic rings. The van der Waals surface area contributed by atoms with Crippen LogP contribution < -0.4 is 9.11 Å². The molecule has 0 fully saturated rings. The van der Waals surface area contributed by atoms with Crippen LogP contribution in [0, 0.1) is 0 Å². The van der Waals surface area contributed by atoms with Crippen molar-refractivity contribution >= 4 is 36.5 Å². The first-order valence-corrected chi connectivity index (χ1v) is 8.82. The average molecular weight is 290 g/mol. The third-order valence-corrected chi connectivity index (χ3v) is 5.27. The van der Waals surface area contributed by atoms with Gasteiger partial charge >= 0.3 is 15.2 Å². The van der Waals surface area contributed by atoms with Crippen molar-refractivity contribution in [1.82, 2.24) is 19.9 Å². The van der Waals surface area contributed by atoms with Crippen LogP contribution in [0.3, 0.4) is 0 Å². The van der Waals surface area contributed by atoms with E-state index < -0.39 is 15.2 Å². The van der Waals surface area contributed by atoms with Crippen LogP contribution in [0.5, 0.6) is 0 Å². The van der Waals surface area contributed by atoms with Crippen molar-refractivity contribution in [2.24, 2.45) is 0 Å². The summed E-state index contributed by atoms with van der Waals surface area (Å²) in [5.74, 6) is 0. The van der Waals surface area contributed by atoms with Gasteiger partial charge in [-0.2, -0.15) is 0 Å². The Morgan fingerprint density at radius 1 is 0.762 bits per heavy atom. The molecule has 2 heterocycles. The number of hydrogen-bond donors (Lipinski definition) is 0. The second kappa shape index (κ2) is 5.51. The Bertz CT molecular complexity index is 688. The predicted octanol–water partition coefficient (Wildman–Crippen LogP) is 0.573. The molecule has 2 aliphatic rings. The molecular formula is C16H15AlN4. The van der Waals surface area contributed by atoms with Crippen LogP contribution in [0.15, 0.2) is 24.5 Å². The van der Waals surface area contributed by atoms with E-state index in [2.05, 4.69) is 34.3 Å². The number of nitrogens with zero attached hydrogens (tertiary/aromatic N) is 4. The predicted molar refractivity (Wildman–Crippen MR) is 85.2 cm³/mol. The maximum atomic E-state index is 4.75. The number of fused-ring (bicyclic) bond motifs is 2. The molecule has 0 amide bonds. The summed E-state index contributed by atoms with van der Waals surface area (Å²) in [4.78, 5) is 18.6. The lowest BCUT2D eigenvalue weighted by Crippen LogP contribution is -2.34. The molecule has 0 radical (unpaired) electrons. The highest BCUT2D eigenvalue weighted by Gasteiger charge is 2.13. The Morgan fingerprint density at radius 2 is 1.29 bits per heavy atom. The smallest absolute Gasteiger partial charge is 0.268 e. The van der Waals surface area contributed by atoms with Gasteiger partial charge in [-0.15, -0.1) is 0 Å². The summed E-state index contributed by atoms with van der Waals surface area (Å²) in [5.41, 5.74) is 4.32. The maximum Gasteiger partial charge on any atom is 0.388 e. The van der Waals surface area contributed by atoms with Crippen molar-refractivity contribution < 1.29 is 0 Å². The minimum atomic E-state index is -0.710. The standard InChI is InChI=1S/2C8H7N2.Al.H/c2*1-2-4-8-7(3-1)9-5-6-10-8;;/h2*1,3,6H,2,4H2;;. The van der Waals surface area contributed by atoms with Gasteiger partial charge in [0.25, 0.3) is 0 Å². The first-order valence-electron chi connectivity index (χ1n) is 7.41. The molecule has 2 aromatic heterocycles. The number of aryl methyl sites for hydroxylation is 2. The molecule has 0 atom stereocenters. The lowest BCUT2D eigenvalue weighted by atomic mass is 10.1. The molecular weight excluding hydrogens is 275 g/mol. The van der Waals surface area contributed by atoms with Gasteiger partial charge in [0.15, 0.2) is 0 Å². The number of aromatic nitrogens is 4. The van der Waals surface area contributed by atoms with Crippen LogP contribution in [0.4, 0.5) is 0 Å². The van der Waals surface area contributed by atoms with Gasteiger partial charge in [0.1, 0.15) is 0 Å². The van der Waals surface area contributed by atoms with Crippen LogP contribution in [-0.2, 0) is 12.8 Å². The van der Waals surface area contributed by atoms with Gasteiger partial charge in [-0.05, 0) is 46.9 Å². The summed E-state index contributed by atoms with van der Waals surface area (Å²) in [6, 6.07) is 0. The highest BCUT2D eigenvalue weighted by atomic mass is 27.1. The summed E-state index contributed by atoms with van der Waals surface area (Å²) in [6.07, 6.45) is 16.5. The van der Waals surface area contributed by atoms with E-state index in [-0.39, 0.29) is 0 Å². The van der Waals surface area contributed by atoms with Crippen molar-refractivity contribution in [1.29, 1.82) is 0 Å². The summed E-state index contributed by atoms with van der Waals surface area (Å²) in [6.45, 7) is 0. The van der Waals surface area contributed by atoms with E-state index in [1.54, 1.807) is 0 Å². The molecule has 4 rings (SSSR count). The van der Waals surface area contributed by atoms with Gasteiger partial charge in [-0.25, -0.2) is 0 Å². The van der Waals surface area contributed by atoms with Crippen LogP contribution in [-0.4, -0.2) is 35.2 Å². The molecule has 0 bridgehead atoms. The van der Waals surface area contributed by atoms with Gasteiger partial charge in [-0.3, -0.25) is 19.9 Å². The fourth-order valence-electron chi connectivity index (χ4n) is 2.77. The zero-order chi connectivity index (χ0) is 14.1. The highest BCUT2D eigenvalue weighted by molar-refractivity contribution is 6.65. The molecule has 21 heavy (non-hydrogen) atoms. The summed E-state index contributed by atoms with van der Waals surface area (Å²) < 4.78 is 2.18. The van der Waals surface area contributed by atoms with E-state index in [1.165, 1.54) is 0 Å². The Kier molecular flexibility index (Phi) is 3.38. The number of allylic oxidation sites excluding steroid dienone is 2. The van der Waals surface area contributed by atoms with Crippen molar-refractivity contribution in [3.05, 3.63) is 47.3 Å². The topological polar surface area (TPSA) is 51.6 Å². The molecule has 2 aliphatic carbocycles. The van der Waals surface area contributed by atoms with Gasteiger partial charge < -0.3 is 0 Å². The van der Waals surface area contributed by atoms with Crippen molar-refractivity contribution in [3.8, 4) is 0 Å². The van der Waals surface area contributed by atoms with E-state index >= 15 is 0 Å². The van der Waals surface area contributed by atoms with E-state index in [4.69, 9.17) is 9.97 Å². The molecule has 4 nitrogen and oxygen atoms in total.